The van der Waals surface area contributed by atoms with Gasteiger partial charge in [0.25, 0.3) is 5.56 Å². The van der Waals surface area contributed by atoms with Gasteiger partial charge < -0.3 is 9.47 Å². The molecule has 5 rings (SSSR count). The predicted octanol–water partition coefficient (Wildman–Crippen LogP) is 6.24. The molecule has 1 aliphatic rings. The number of carbonyl (C=O) groups excluding carboxylic acids is 1. The van der Waals surface area contributed by atoms with Crippen molar-refractivity contribution in [1.82, 2.24) is 4.57 Å². The highest BCUT2D eigenvalue weighted by Crippen LogP contribution is 2.32. The van der Waals surface area contributed by atoms with Crippen molar-refractivity contribution < 1.29 is 14.3 Å². The van der Waals surface area contributed by atoms with Gasteiger partial charge in [0.1, 0.15) is 12.4 Å². The van der Waals surface area contributed by atoms with Gasteiger partial charge in [-0.2, -0.15) is 0 Å². The molecule has 0 aliphatic carbocycles. The fraction of sp³-hybridized carbons (Fsp3) is 0.167. The van der Waals surface area contributed by atoms with E-state index in [9.17, 15) is 9.59 Å². The van der Waals surface area contributed by atoms with E-state index in [0.29, 0.717) is 44.4 Å². The quantitative estimate of drug-likeness (QED) is 0.164. The van der Waals surface area contributed by atoms with Crippen molar-refractivity contribution in [3.8, 4) is 5.75 Å². The Kier molecular flexibility index (Phi) is 9.13. The predicted molar refractivity (Wildman–Crippen MR) is 175 cm³/mol. The molecule has 0 N–H and O–H groups in total. The van der Waals surface area contributed by atoms with Gasteiger partial charge in [0.2, 0.25) is 0 Å². The maximum Gasteiger partial charge on any atom is 0.338 e. The van der Waals surface area contributed by atoms with Crippen LogP contribution in [0.2, 0.25) is 5.02 Å². The Hall–Kier alpha value is -2.48. The molecule has 204 valence electrons. The summed E-state index contributed by atoms with van der Waals surface area (Å²) in [7, 11) is 1.35. The Morgan fingerprint density at radius 2 is 1.85 bits per heavy atom. The smallest absolute Gasteiger partial charge is 0.338 e. The number of fused-ring (bicyclic) bond motifs is 1. The molecule has 0 amide bonds. The van der Waals surface area contributed by atoms with E-state index in [1.54, 1.807) is 4.57 Å². The molecule has 0 bridgehead atoms. The number of hydrogen-bond donors (Lipinski definition) is 0. The van der Waals surface area contributed by atoms with Crippen LogP contribution in [0.15, 0.2) is 87.8 Å². The summed E-state index contributed by atoms with van der Waals surface area (Å²) < 4.78 is 15.5. The van der Waals surface area contributed by atoms with E-state index >= 15 is 0 Å². The number of esters is 1. The lowest BCUT2D eigenvalue weighted by molar-refractivity contribution is -0.136. The van der Waals surface area contributed by atoms with Gasteiger partial charge in [0.15, 0.2) is 4.80 Å². The van der Waals surface area contributed by atoms with Gasteiger partial charge in [-0.3, -0.25) is 9.36 Å². The minimum atomic E-state index is -0.640. The van der Waals surface area contributed by atoms with Crippen molar-refractivity contribution in [2.24, 2.45) is 4.99 Å². The molecule has 1 aromatic heterocycles. The van der Waals surface area contributed by atoms with Gasteiger partial charge in [0.05, 0.1) is 32.5 Å². The summed E-state index contributed by atoms with van der Waals surface area (Å²) >= 11 is 11.8. The lowest BCUT2D eigenvalue weighted by Gasteiger charge is -2.25. The highest BCUT2D eigenvalue weighted by atomic mass is 127. The number of hydrogen-bond acceptors (Lipinski definition) is 6. The first kappa shape index (κ1) is 29.0. The Morgan fingerprint density at radius 1 is 1.12 bits per heavy atom. The summed E-state index contributed by atoms with van der Waals surface area (Å²) in [6, 6.07) is 20.4. The van der Waals surface area contributed by atoms with Gasteiger partial charge in [-0.05, 0) is 93.1 Å². The van der Waals surface area contributed by atoms with Gasteiger partial charge >= 0.3 is 5.97 Å². The molecule has 1 aliphatic heterocycles. The van der Waals surface area contributed by atoms with Gasteiger partial charge in [-0.1, -0.05) is 72.3 Å². The zero-order chi connectivity index (χ0) is 28.4. The van der Waals surface area contributed by atoms with Crippen LogP contribution in [0.5, 0.6) is 5.75 Å². The van der Waals surface area contributed by atoms with Crippen LogP contribution in [0.4, 0.5) is 0 Å². The van der Waals surface area contributed by atoms with Crippen LogP contribution in [0.3, 0.4) is 0 Å². The second-order valence-electron chi connectivity index (χ2n) is 8.92. The average Bonchev–Trinajstić information content (AvgIpc) is 3.26. The molecule has 2 heterocycles. The van der Waals surface area contributed by atoms with Crippen LogP contribution < -0.4 is 19.6 Å². The monoisotopic (exact) mass is 796 g/mol. The third-order valence-electron chi connectivity index (χ3n) is 6.39. The molecule has 0 saturated heterocycles. The number of halogens is 3. The second-order valence-corrected chi connectivity index (χ2v) is 12.8. The lowest BCUT2D eigenvalue weighted by atomic mass is 9.95. The number of allylic oxidation sites excluding steroid dienone is 1. The first-order valence-corrected chi connectivity index (χ1v) is 15.7. The van der Waals surface area contributed by atoms with Crippen LogP contribution in [-0.4, -0.2) is 17.6 Å². The molecule has 0 radical (unpaired) electrons. The SMILES string of the molecule is CCC1=C(C(=O)OC)[C@H](c2ccccc2)n2c(s/c(=C/c3cc(I)cc(I)c3OCc3ccc(Cl)cc3)c2=O)=N1. The fourth-order valence-electron chi connectivity index (χ4n) is 4.53. The molecule has 3 aromatic carbocycles. The molecule has 0 unspecified atom stereocenters. The molecule has 0 saturated carbocycles. The number of nitrogens with zero attached hydrogens (tertiary/aromatic N) is 2. The highest BCUT2D eigenvalue weighted by Gasteiger charge is 2.33. The Balaban J connectivity index is 1.66. The zero-order valence-electron chi connectivity index (χ0n) is 21.5. The topological polar surface area (TPSA) is 69.9 Å². The largest absolute Gasteiger partial charge is 0.487 e. The second kappa shape index (κ2) is 12.6. The minimum Gasteiger partial charge on any atom is -0.487 e. The first-order chi connectivity index (χ1) is 19.3. The van der Waals surface area contributed by atoms with E-state index in [4.69, 9.17) is 26.1 Å². The maximum atomic E-state index is 14.0. The van der Waals surface area contributed by atoms with Crippen LogP contribution >= 0.6 is 68.1 Å². The van der Waals surface area contributed by atoms with Crippen molar-refractivity contribution in [3.05, 3.63) is 127 Å². The number of ether oxygens (including phenoxy) is 2. The molecule has 6 nitrogen and oxygen atoms in total. The van der Waals surface area contributed by atoms with E-state index in [1.807, 2.05) is 79.7 Å². The Labute approximate surface area is 267 Å². The van der Waals surface area contributed by atoms with Crippen molar-refractivity contribution in [2.75, 3.05) is 7.11 Å². The van der Waals surface area contributed by atoms with Crippen molar-refractivity contribution in [2.45, 2.75) is 26.0 Å². The highest BCUT2D eigenvalue weighted by molar-refractivity contribution is 14.1. The fourth-order valence-corrected chi connectivity index (χ4v) is 7.71. The molecule has 10 heteroatoms. The van der Waals surface area contributed by atoms with Crippen LogP contribution in [-0.2, 0) is 16.1 Å². The summed E-state index contributed by atoms with van der Waals surface area (Å²) in [5.41, 5.74) is 3.35. The molecule has 1 atom stereocenters. The van der Waals surface area contributed by atoms with Crippen molar-refractivity contribution in [1.29, 1.82) is 0 Å². The summed E-state index contributed by atoms with van der Waals surface area (Å²) in [4.78, 5) is 32.3. The van der Waals surface area contributed by atoms with Gasteiger partial charge in [-0.25, -0.2) is 9.79 Å². The lowest BCUT2D eigenvalue weighted by Crippen LogP contribution is -2.40. The molecular formula is C30H23ClI2N2O4S. The molecule has 0 fully saturated rings. The summed E-state index contributed by atoms with van der Waals surface area (Å²) in [5, 5.41) is 0.666. The number of methoxy groups -OCH3 is 1. The molecule has 40 heavy (non-hydrogen) atoms. The normalized spacial score (nSPS) is 15.0. The standard InChI is InChI=1S/C30H23ClI2N2O4S/c1-3-23-25(29(37)38-2)26(18-7-5-4-6-8-18)35-28(36)24(40-30(35)34-23)14-19-13-21(32)15-22(33)27(19)39-16-17-9-11-20(31)12-10-17/h4-15,26H,3,16H2,1-2H3/b24-14+/t26-/m0/s1. The number of benzene rings is 3. The summed E-state index contributed by atoms with van der Waals surface area (Å²) in [5.74, 6) is 0.194. The van der Waals surface area contributed by atoms with Crippen LogP contribution in [0.1, 0.15) is 36.1 Å². The van der Waals surface area contributed by atoms with E-state index in [-0.39, 0.29) is 5.56 Å². The zero-order valence-corrected chi connectivity index (χ0v) is 27.4. The minimum absolute atomic E-state index is 0.230. The average molecular weight is 797 g/mol. The number of carbonyl (C=O) groups is 1. The van der Waals surface area contributed by atoms with E-state index in [2.05, 4.69) is 45.2 Å². The Bertz CT molecular complexity index is 1800. The summed E-state index contributed by atoms with van der Waals surface area (Å²) in [6.45, 7) is 2.29. The third kappa shape index (κ3) is 5.93. The van der Waals surface area contributed by atoms with Gasteiger partial charge in [0, 0.05) is 14.2 Å². The maximum absolute atomic E-state index is 14.0. The van der Waals surface area contributed by atoms with Crippen LogP contribution in [0.25, 0.3) is 6.08 Å². The Morgan fingerprint density at radius 3 is 2.52 bits per heavy atom. The van der Waals surface area contributed by atoms with E-state index in [0.717, 1.165) is 23.8 Å². The summed E-state index contributed by atoms with van der Waals surface area (Å²) in [6.07, 6.45) is 2.37. The number of rotatable bonds is 7. The van der Waals surface area contributed by atoms with E-state index in [1.165, 1.54) is 18.4 Å². The third-order valence-corrected chi connectivity index (χ3v) is 9.04. The first-order valence-electron chi connectivity index (χ1n) is 12.3. The number of aromatic nitrogens is 1. The molecular weight excluding hydrogens is 774 g/mol. The van der Waals surface area contributed by atoms with E-state index < -0.39 is 12.0 Å². The van der Waals surface area contributed by atoms with Gasteiger partial charge in [-0.15, -0.1) is 0 Å². The number of thiazole rings is 1. The van der Waals surface area contributed by atoms with Crippen molar-refractivity contribution >= 4 is 80.2 Å². The van der Waals surface area contributed by atoms with Crippen LogP contribution in [0, 0.1) is 7.14 Å². The molecule has 4 aromatic rings. The van der Waals surface area contributed by atoms with Crippen molar-refractivity contribution in [3.63, 3.8) is 0 Å². The molecule has 0 spiro atoms.